The van der Waals surface area contributed by atoms with Crippen molar-refractivity contribution in [2.75, 3.05) is 5.88 Å². The molecule has 0 aliphatic rings. The lowest BCUT2D eigenvalue weighted by Gasteiger charge is -1.68. The van der Waals surface area contributed by atoms with E-state index < -0.39 is 0 Å². The van der Waals surface area contributed by atoms with Gasteiger partial charge in [-0.3, -0.25) is 0 Å². The van der Waals surface area contributed by atoms with Crippen molar-refractivity contribution in [3.63, 3.8) is 0 Å². The van der Waals surface area contributed by atoms with Gasteiger partial charge >= 0.3 is 0 Å². The predicted octanol–water partition coefficient (Wildman–Crippen LogP) is 2.23. The molecule has 0 fully saturated rings. The standard InChI is InChI=1S/C4H10.C2H3ClO/c1-3-4-2;3-1-2-4/h3-4H2,1-2H3;2H,1H2. The van der Waals surface area contributed by atoms with Crippen molar-refractivity contribution in [3.05, 3.63) is 0 Å². The van der Waals surface area contributed by atoms with Crippen LogP contribution in [0.2, 0.25) is 0 Å². The van der Waals surface area contributed by atoms with E-state index >= 15 is 0 Å². The minimum absolute atomic E-state index is 0.111. The molecule has 8 heavy (non-hydrogen) atoms. The molecule has 0 atom stereocenters. The van der Waals surface area contributed by atoms with Crippen LogP contribution in [-0.4, -0.2) is 12.2 Å². The third-order valence-corrected chi connectivity index (χ3v) is 0.689. The second-order valence-corrected chi connectivity index (χ2v) is 1.63. The van der Waals surface area contributed by atoms with Crippen LogP contribution in [0.1, 0.15) is 26.7 Å². The van der Waals surface area contributed by atoms with Gasteiger partial charge in [0.15, 0.2) is 0 Å². The SMILES string of the molecule is CCCC.O=CCCl. The number of halogens is 1. The van der Waals surface area contributed by atoms with Gasteiger partial charge in [-0.25, -0.2) is 0 Å². The third kappa shape index (κ3) is 38.2. The largest absolute Gasteiger partial charge is 0.302 e. The summed E-state index contributed by atoms with van der Waals surface area (Å²) in [5.74, 6) is 0.111. The number of carbonyl (C=O) groups excluding carboxylic acids is 1. The Morgan fingerprint density at radius 2 is 1.62 bits per heavy atom. The lowest BCUT2D eigenvalue weighted by Crippen LogP contribution is -1.63. The molecule has 0 aromatic heterocycles. The summed E-state index contributed by atoms with van der Waals surface area (Å²) in [6.07, 6.45) is 3.28. The van der Waals surface area contributed by atoms with Gasteiger partial charge in [-0.05, 0) is 0 Å². The molecule has 0 saturated carbocycles. The Morgan fingerprint density at radius 1 is 1.38 bits per heavy atom. The average Bonchev–Trinajstić information content (AvgIpc) is 1.88. The van der Waals surface area contributed by atoms with E-state index in [-0.39, 0.29) is 5.88 Å². The number of hydrogen-bond donors (Lipinski definition) is 0. The Hall–Kier alpha value is -0.0400. The molecular weight excluding hydrogens is 124 g/mol. The van der Waals surface area contributed by atoms with Gasteiger partial charge in [0.2, 0.25) is 0 Å². The Bertz CT molecular complexity index is 35.5. The Labute approximate surface area is 56.0 Å². The van der Waals surface area contributed by atoms with Gasteiger partial charge in [0.1, 0.15) is 6.29 Å². The molecule has 0 aromatic rings. The number of rotatable bonds is 2. The summed E-state index contributed by atoms with van der Waals surface area (Å²) in [6, 6.07) is 0. The van der Waals surface area contributed by atoms with Gasteiger partial charge in [-0.1, -0.05) is 26.7 Å². The van der Waals surface area contributed by atoms with Gasteiger partial charge in [-0.15, -0.1) is 11.6 Å². The first-order chi connectivity index (χ1) is 3.83. The van der Waals surface area contributed by atoms with Crippen molar-refractivity contribution >= 4 is 17.9 Å². The second kappa shape index (κ2) is 15.8. The molecule has 0 radical (unpaired) electrons. The number of aldehydes is 1. The number of hydrogen-bond acceptors (Lipinski definition) is 1. The maximum atomic E-state index is 9.04. The maximum Gasteiger partial charge on any atom is 0.134 e. The quantitative estimate of drug-likeness (QED) is 0.420. The monoisotopic (exact) mass is 136 g/mol. The van der Waals surface area contributed by atoms with Crippen molar-refractivity contribution in [2.45, 2.75) is 26.7 Å². The molecule has 0 heterocycles. The van der Waals surface area contributed by atoms with E-state index in [1.54, 1.807) is 0 Å². The summed E-state index contributed by atoms with van der Waals surface area (Å²) in [5.41, 5.74) is 0. The first-order valence-electron chi connectivity index (χ1n) is 2.83. The molecule has 2 heteroatoms. The van der Waals surface area contributed by atoms with Crippen molar-refractivity contribution in [1.82, 2.24) is 0 Å². The van der Waals surface area contributed by atoms with Crippen molar-refractivity contribution in [3.8, 4) is 0 Å². The molecule has 0 unspecified atom stereocenters. The van der Waals surface area contributed by atoms with E-state index in [1.165, 1.54) is 12.8 Å². The lowest BCUT2D eigenvalue weighted by molar-refractivity contribution is -0.105. The van der Waals surface area contributed by atoms with Crippen molar-refractivity contribution in [1.29, 1.82) is 0 Å². The van der Waals surface area contributed by atoms with E-state index in [4.69, 9.17) is 16.4 Å². The topological polar surface area (TPSA) is 17.1 Å². The molecule has 0 N–H and O–H groups in total. The van der Waals surface area contributed by atoms with E-state index in [9.17, 15) is 0 Å². The number of unbranched alkanes of at least 4 members (excludes halogenated alkanes) is 1. The van der Waals surface area contributed by atoms with Crippen LogP contribution in [0, 0.1) is 0 Å². The zero-order chi connectivity index (χ0) is 6.83. The van der Waals surface area contributed by atoms with E-state index in [1.807, 2.05) is 0 Å². The summed E-state index contributed by atoms with van der Waals surface area (Å²) in [4.78, 5) is 9.04. The van der Waals surface area contributed by atoms with Gasteiger partial charge in [0, 0.05) is 0 Å². The Kier molecular flexibility index (Phi) is 21.4. The highest BCUT2D eigenvalue weighted by atomic mass is 35.5. The molecule has 0 aromatic carbocycles. The van der Waals surface area contributed by atoms with Crippen LogP contribution >= 0.6 is 11.6 Å². The highest BCUT2D eigenvalue weighted by Crippen LogP contribution is 1.76. The zero-order valence-electron chi connectivity index (χ0n) is 5.48. The molecule has 0 rings (SSSR count). The first kappa shape index (κ1) is 10.9. The van der Waals surface area contributed by atoms with E-state index in [0.717, 1.165) is 0 Å². The minimum atomic E-state index is 0.111. The average molecular weight is 137 g/mol. The van der Waals surface area contributed by atoms with Crippen LogP contribution < -0.4 is 0 Å². The minimum Gasteiger partial charge on any atom is -0.302 e. The van der Waals surface area contributed by atoms with Gasteiger partial charge in [0.25, 0.3) is 0 Å². The number of alkyl halides is 1. The van der Waals surface area contributed by atoms with Crippen LogP contribution in [0.3, 0.4) is 0 Å². The first-order valence-corrected chi connectivity index (χ1v) is 3.36. The fourth-order valence-corrected chi connectivity index (χ4v) is 0. The van der Waals surface area contributed by atoms with E-state index in [0.29, 0.717) is 6.29 Å². The summed E-state index contributed by atoms with van der Waals surface area (Å²) in [5, 5.41) is 0. The molecule has 0 amide bonds. The molecule has 1 nitrogen and oxygen atoms in total. The van der Waals surface area contributed by atoms with Gasteiger partial charge in [0.05, 0.1) is 5.88 Å². The Morgan fingerprint density at radius 3 is 1.62 bits per heavy atom. The molecule has 0 spiro atoms. The van der Waals surface area contributed by atoms with Crippen LogP contribution in [-0.2, 0) is 4.79 Å². The summed E-state index contributed by atoms with van der Waals surface area (Å²) in [7, 11) is 0. The van der Waals surface area contributed by atoms with Crippen molar-refractivity contribution in [2.24, 2.45) is 0 Å². The third-order valence-electron chi connectivity index (χ3n) is 0.563. The van der Waals surface area contributed by atoms with Crippen molar-refractivity contribution < 1.29 is 4.79 Å². The fourth-order valence-electron chi connectivity index (χ4n) is 0. The Balaban J connectivity index is 0. The summed E-state index contributed by atoms with van der Waals surface area (Å²) < 4.78 is 0. The summed E-state index contributed by atoms with van der Waals surface area (Å²) in [6.45, 7) is 4.36. The number of carbonyl (C=O) groups is 1. The molecule has 50 valence electrons. The summed E-state index contributed by atoms with van der Waals surface area (Å²) >= 11 is 4.82. The highest BCUT2D eigenvalue weighted by Gasteiger charge is 1.56. The molecule has 0 aliphatic heterocycles. The lowest BCUT2D eigenvalue weighted by atomic mass is 10.4. The van der Waals surface area contributed by atoms with Crippen LogP contribution in [0.5, 0.6) is 0 Å². The smallest absolute Gasteiger partial charge is 0.134 e. The fraction of sp³-hybridized carbons (Fsp3) is 0.833. The maximum absolute atomic E-state index is 9.04. The van der Waals surface area contributed by atoms with Crippen LogP contribution in [0.15, 0.2) is 0 Å². The molecular formula is C6H13ClO. The molecule has 0 bridgehead atoms. The molecule has 0 saturated heterocycles. The second-order valence-electron chi connectivity index (χ2n) is 1.32. The highest BCUT2D eigenvalue weighted by molar-refractivity contribution is 6.24. The predicted molar refractivity (Wildman–Crippen MR) is 37.4 cm³/mol. The molecule has 0 aliphatic carbocycles. The van der Waals surface area contributed by atoms with Crippen LogP contribution in [0.4, 0.5) is 0 Å². The van der Waals surface area contributed by atoms with Gasteiger partial charge < -0.3 is 4.79 Å². The van der Waals surface area contributed by atoms with Gasteiger partial charge in [-0.2, -0.15) is 0 Å². The van der Waals surface area contributed by atoms with E-state index in [2.05, 4.69) is 13.8 Å². The zero-order valence-corrected chi connectivity index (χ0v) is 6.24. The van der Waals surface area contributed by atoms with Crippen LogP contribution in [0.25, 0.3) is 0 Å². The normalized spacial score (nSPS) is 6.88.